The maximum atomic E-state index is 11.4. The van der Waals surface area contributed by atoms with Crippen molar-refractivity contribution in [2.45, 2.75) is 45.1 Å². The number of quaternary nitrogens is 1. The van der Waals surface area contributed by atoms with E-state index in [0.29, 0.717) is 18.6 Å². The summed E-state index contributed by atoms with van der Waals surface area (Å²) in [5.41, 5.74) is 0. The van der Waals surface area contributed by atoms with Crippen molar-refractivity contribution in [1.29, 1.82) is 0 Å². The maximum Gasteiger partial charge on any atom is 0.330 e. The second-order valence-corrected chi connectivity index (χ2v) is 6.02. The van der Waals surface area contributed by atoms with E-state index in [9.17, 15) is 4.79 Å². The Hall–Kier alpha value is -0.100. The minimum atomic E-state index is -0.187. The Bertz CT molecular complexity index is 328. The number of carbonyl (C=O) groups is 1. The fraction of sp³-hybridized carbons (Fsp3) is 0.800. The minimum Gasteiger partial charge on any atom is -0.462 e. The lowest BCUT2D eigenvalue weighted by Gasteiger charge is -2.51. The molecule has 110 valence electrons. The number of ether oxygens (including phenoxy) is 1. The summed E-state index contributed by atoms with van der Waals surface area (Å²) in [5, 5.41) is 0. The maximum absolute atomic E-state index is 11.4. The van der Waals surface area contributed by atoms with Crippen LogP contribution >= 0.6 is 24.0 Å². The highest BCUT2D eigenvalue weighted by atomic mass is 127. The summed E-state index contributed by atoms with van der Waals surface area (Å²) in [6.45, 7) is 5.08. The summed E-state index contributed by atoms with van der Waals surface area (Å²) in [4.78, 5) is 11.4. The number of hydrogen-bond donors (Lipinski definition) is 0. The van der Waals surface area contributed by atoms with E-state index in [0.717, 1.165) is 0 Å². The van der Waals surface area contributed by atoms with Gasteiger partial charge in [0.1, 0.15) is 6.61 Å². The molecule has 0 radical (unpaired) electrons. The van der Waals surface area contributed by atoms with Crippen LogP contribution in [0.15, 0.2) is 12.2 Å². The number of fused-ring (bicyclic) bond motifs is 1. The molecular weight excluding hydrogens is 353 g/mol. The molecule has 0 aromatic carbocycles. The van der Waals surface area contributed by atoms with Gasteiger partial charge in [-0.1, -0.05) is 6.08 Å². The first-order chi connectivity index (χ1) is 8.65. The molecule has 2 rings (SSSR count). The van der Waals surface area contributed by atoms with Gasteiger partial charge in [0.05, 0.1) is 26.2 Å². The van der Waals surface area contributed by atoms with E-state index in [1.54, 1.807) is 6.08 Å². The molecule has 0 amide bonds. The average molecular weight is 380 g/mol. The predicted octanol–water partition coefficient (Wildman–Crippen LogP) is 3.13. The number of allylic oxidation sites excluding steroid dienone is 1. The van der Waals surface area contributed by atoms with Crippen LogP contribution in [0, 0.1) is 5.92 Å². The van der Waals surface area contributed by atoms with Gasteiger partial charge in [-0.2, -0.15) is 0 Å². The molecule has 0 aromatic heterocycles. The average Bonchev–Trinajstić information content (AvgIpc) is 2.35. The lowest BCUT2D eigenvalue weighted by atomic mass is 9.82. The zero-order chi connectivity index (χ0) is 13.0. The summed E-state index contributed by atoms with van der Waals surface area (Å²) >= 11 is 0. The zero-order valence-corrected chi connectivity index (χ0v) is 14.5. The molecule has 0 aromatic rings. The molecule has 3 nitrogen and oxygen atoms in total. The monoisotopic (exact) mass is 380 g/mol. The van der Waals surface area contributed by atoms with Gasteiger partial charge in [0.2, 0.25) is 0 Å². The SMILES string of the molecule is C/C=C/C(=O)OCC1CCC[N+]2(C)CCCCC12.I. The molecule has 2 saturated heterocycles. The van der Waals surface area contributed by atoms with Crippen LogP contribution in [0.2, 0.25) is 0 Å². The van der Waals surface area contributed by atoms with Crippen molar-refractivity contribution in [3.63, 3.8) is 0 Å². The Balaban J connectivity index is 0.00000180. The zero-order valence-electron chi connectivity index (χ0n) is 12.1. The van der Waals surface area contributed by atoms with Gasteiger partial charge < -0.3 is 9.22 Å². The highest BCUT2D eigenvalue weighted by Crippen LogP contribution is 2.36. The largest absolute Gasteiger partial charge is 0.462 e. The summed E-state index contributed by atoms with van der Waals surface area (Å²) in [7, 11) is 2.39. The van der Waals surface area contributed by atoms with Crippen molar-refractivity contribution < 1.29 is 14.0 Å². The predicted molar refractivity (Wildman–Crippen MR) is 87.5 cm³/mol. The number of hydrogen-bond acceptors (Lipinski definition) is 2. The van der Waals surface area contributed by atoms with Crippen LogP contribution < -0.4 is 0 Å². The number of rotatable bonds is 3. The third-order valence-electron chi connectivity index (χ3n) is 4.75. The normalized spacial score (nSPS) is 34.4. The molecule has 0 saturated carbocycles. The van der Waals surface area contributed by atoms with Crippen LogP contribution in [0.3, 0.4) is 0 Å². The molecule has 3 unspecified atom stereocenters. The van der Waals surface area contributed by atoms with Gasteiger partial charge >= 0.3 is 5.97 Å². The van der Waals surface area contributed by atoms with Gasteiger partial charge in [0, 0.05) is 18.4 Å². The Morgan fingerprint density at radius 2 is 2.00 bits per heavy atom. The van der Waals surface area contributed by atoms with Crippen molar-refractivity contribution in [1.82, 2.24) is 0 Å². The molecule has 3 atom stereocenters. The van der Waals surface area contributed by atoms with E-state index >= 15 is 0 Å². The summed E-state index contributed by atoms with van der Waals surface area (Å²) in [5.74, 6) is 0.381. The highest BCUT2D eigenvalue weighted by molar-refractivity contribution is 14.0. The van der Waals surface area contributed by atoms with Gasteiger partial charge in [-0.3, -0.25) is 0 Å². The van der Waals surface area contributed by atoms with Crippen LogP contribution in [0.4, 0.5) is 0 Å². The topological polar surface area (TPSA) is 26.3 Å². The molecule has 4 heteroatoms. The third-order valence-corrected chi connectivity index (χ3v) is 4.75. The third kappa shape index (κ3) is 4.18. The fourth-order valence-electron chi connectivity index (χ4n) is 3.80. The molecule has 2 aliphatic rings. The first kappa shape index (κ1) is 17.0. The summed E-state index contributed by atoms with van der Waals surface area (Å²) in [6.07, 6.45) is 9.76. The first-order valence-corrected chi connectivity index (χ1v) is 7.29. The van der Waals surface area contributed by atoms with Gasteiger partial charge in [-0.25, -0.2) is 4.79 Å². The van der Waals surface area contributed by atoms with Crippen LogP contribution in [0.5, 0.6) is 0 Å². The van der Waals surface area contributed by atoms with E-state index in [1.807, 2.05) is 6.92 Å². The minimum absolute atomic E-state index is 0. The Morgan fingerprint density at radius 3 is 2.74 bits per heavy atom. The second-order valence-electron chi connectivity index (χ2n) is 6.02. The number of esters is 1. The van der Waals surface area contributed by atoms with Gasteiger partial charge in [0.15, 0.2) is 0 Å². The van der Waals surface area contributed by atoms with E-state index < -0.39 is 0 Å². The second kappa shape index (κ2) is 7.62. The number of halogens is 1. The van der Waals surface area contributed by atoms with Crippen molar-refractivity contribution in [2.75, 3.05) is 26.7 Å². The van der Waals surface area contributed by atoms with Crippen LogP contribution in [-0.2, 0) is 9.53 Å². The van der Waals surface area contributed by atoms with Crippen LogP contribution in [0.1, 0.15) is 39.0 Å². The molecular formula is C15H27INO2+. The molecule has 2 aliphatic heterocycles. The number of piperidine rings is 2. The molecule has 2 fully saturated rings. The van der Waals surface area contributed by atoms with E-state index in [-0.39, 0.29) is 29.9 Å². The fourth-order valence-corrected chi connectivity index (χ4v) is 3.80. The van der Waals surface area contributed by atoms with E-state index in [4.69, 9.17) is 4.74 Å². The van der Waals surface area contributed by atoms with Crippen LogP contribution in [0.25, 0.3) is 0 Å². The van der Waals surface area contributed by atoms with Crippen molar-refractivity contribution >= 4 is 29.9 Å². The van der Waals surface area contributed by atoms with Gasteiger partial charge in [0.25, 0.3) is 0 Å². The molecule has 0 spiro atoms. The lowest BCUT2D eigenvalue weighted by molar-refractivity contribution is -0.947. The molecule has 19 heavy (non-hydrogen) atoms. The van der Waals surface area contributed by atoms with E-state index in [1.165, 1.54) is 55.8 Å². The van der Waals surface area contributed by atoms with Crippen molar-refractivity contribution in [3.8, 4) is 0 Å². The lowest BCUT2D eigenvalue weighted by Crippen LogP contribution is -2.61. The van der Waals surface area contributed by atoms with Crippen molar-refractivity contribution in [2.24, 2.45) is 5.92 Å². The number of nitrogens with zero attached hydrogens (tertiary/aromatic N) is 1. The highest BCUT2D eigenvalue weighted by Gasteiger charge is 2.43. The quantitative estimate of drug-likeness (QED) is 0.326. The van der Waals surface area contributed by atoms with Crippen molar-refractivity contribution in [3.05, 3.63) is 12.2 Å². The first-order valence-electron chi connectivity index (χ1n) is 7.29. The Morgan fingerprint density at radius 1 is 1.26 bits per heavy atom. The standard InChI is InChI=1S/C15H26NO2.HI/c1-3-7-15(17)18-12-13-8-6-11-16(2)10-5-4-9-14(13)16;/h3,7,13-14H,4-6,8-12H2,1-2H3;1H/q+1;/b7-3+;. The molecule has 0 bridgehead atoms. The van der Waals surface area contributed by atoms with Gasteiger partial charge in [-0.15, -0.1) is 24.0 Å². The molecule has 2 heterocycles. The Kier molecular flexibility index (Phi) is 6.80. The number of carbonyl (C=O) groups excluding carboxylic acids is 1. The molecule has 0 aliphatic carbocycles. The molecule has 0 N–H and O–H groups in total. The smallest absolute Gasteiger partial charge is 0.330 e. The van der Waals surface area contributed by atoms with E-state index in [2.05, 4.69) is 7.05 Å². The summed E-state index contributed by atoms with van der Waals surface area (Å²) in [6, 6.07) is 0.714. The summed E-state index contributed by atoms with van der Waals surface area (Å²) < 4.78 is 6.59. The Labute approximate surface area is 134 Å². The van der Waals surface area contributed by atoms with Crippen LogP contribution in [-0.4, -0.2) is 43.2 Å². The van der Waals surface area contributed by atoms with Gasteiger partial charge in [-0.05, 0) is 32.6 Å².